The minimum Gasteiger partial charge on any atom is -0.478 e. The van der Waals surface area contributed by atoms with Gasteiger partial charge in [-0.05, 0) is 49.7 Å². The van der Waals surface area contributed by atoms with E-state index < -0.39 is 5.97 Å². The van der Waals surface area contributed by atoms with E-state index in [0.717, 1.165) is 0 Å². The molecule has 0 fully saturated rings. The van der Waals surface area contributed by atoms with E-state index in [1.54, 1.807) is 18.2 Å². The van der Waals surface area contributed by atoms with Gasteiger partial charge in [-0.3, -0.25) is 4.99 Å². The molecule has 0 aromatic heterocycles. The maximum Gasteiger partial charge on any atom is 0.336 e. The molecule has 1 heterocycles. The summed E-state index contributed by atoms with van der Waals surface area (Å²) in [5.41, 5.74) is 1.20. The average Bonchev–Trinajstić information content (AvgIpc) is 2.79. The lowest BCUT2D eigenvalue weighted by atomic mass is 9.90. The predicted octanol–water partition coefficient (Wildman–Crippen LogP) is 5.26. The van der Waals surface area contributed by atoms with Crippen LogP contribution < -0.4 is 10.7 Å². The van der Waals surface area contributed by atoms with Crippen LogP contribution in [0.4, 0.5) is 5.69 Å². The third kappa shape index (κ3) is 3.47. The van der Waals surface area contributed by atoms with Crippen LogP contribution in [-0.2, 0) is 0 Å². The van der Waals surface area contributed by atoms with Gasteiger partial charge >= 0.3 is 5.97 Å². The van der Waals surface area contributed by atoms with Crippen LogP contribution in [-0.4, -0.2) is 24.2 Å². The van der Waals surface area contributed by atoms with Crippen LogP contribution in [0.15, 0.2) is 70.0 Å². The zero-order chi connectivity index (χ0) is 23.9. The minimum absolute atomic E-state index is 0.00395. The Morgan fingerprint density at radius 1 is 1.14 bits per heavy atom. The second-order valence-corrected chi connectivity index (χ2v) is 6.37. The first-order valence-corrected chi connectivity index (χ1v) is 9.38. The molecule has 1 aliphatic heterocycles. The maximum absolute atomic E-state index is 12.0. The van der Waals surface area contributed by atoms with Crippen molar-refractivity contribution < 1.29 is 19.8 Å². The third-order valence-electron chi connectivity index (χ3n) is 4.48. The van der Waals surface area contributed by atoms with Gasteiger partial charge in [0, 0.05) is 47.4 Å². The van der Waals surface area contributed by atoms with E-state index in [1.807, 2.05) is 13.8 Å². The number of hydrogen-bond donors (Lipinski definition) is 2. The Hall–Kier alpha value is -3.60. The molecule has 2 aromatic carbocycles. The fourth-order valence-corrected chi connectivity index (χ4v) is 3.30. The molecule has 5 heteroatoms. The Balaban J connectivity index is 2.33. The van der Waals surface area contributed by atoms with Crippen LogP contribution in [0.3, 0.4) is 0 Å². The van der Waals surface area contributed by atoms with E-state index in [2.05, 4.69) is 10.3 Å². The Morgan fingerprint density at radius 3 is 2.72 bits per heavy atom. The van der Waals surface area contributed by atoms with E-state index >= 15 is 0 Å². The highest BCUT2D eigenvalue weighted by molar-refractivity contribution is 6.07. The predicted molar refractivity (Wildman–Crippen MR) is 115 cm³/mol. The summed E-state index contributed by atoms with van der Waals surface area (Å²) in [6.07, 6.45) is 0. The van der Waals surface area contributed by atoms with Gasteiger partial charge in [0.25, 0.3) is 0 Å². The van der Waals surface area contributed by atoms with Crippen LogP contribution in [0.2, 0.25) is 0 Å². The molecule has 0 saturated heterocycles. The number of nitrogens with zero attached hydrogens (tertiary/aromatic N) is 1. The lowest BCUT2D eigenvalue weighted by molar-refractivity contribution is 0.0697. The number of hydrogen-bond acceptors (Lipinski definition) is 4. The van der Waals surface area contributed by atoms with E-state index in [-0.39, 0.29) is 68.5 Å². The summed E-state index contributed by atoms with van der Waals surface area (Å²) in [7, 11) is 0. The van der Waals surface area contributed by atoms with Gasteiger partial charge in [-0.1, -0.05) is 18.2 Å². The molecular formula is C24H22N2O3. The molecule has 2 N–H and O–H groups in total. The van der Waals surface area contributed by atoms with Gasteiger partial charge in [-0.2, -0.15) is 0 Å². The van der Waals surface area contributed by atoms with Crippen LogP contribution >= 0.6 is 0 Å². The number of fused-ring (bicyclic) bond motifs is 2. The maximum atomic E-state index is 12.0. The van der Waals surface area contributed by atoms with Crippen molar-refractivity contribution in [1.29, 1.82) is 0 Å². The van der Waals surface area contributed by atoms with E-state index in [1.165, 1.54) is 18.2 Å². The largest absolute Gasteiger partial charge is 0.478 e. The first-order chi connectivity index (χ1) is 15.8. The Morgan fingerprint density at radius 2 is 1.97 bits per heavy atom. The minimum atomic E-state index is -1.16. The summed E-state index contributed by atoms with van der Waals surface area (Å²) in [6, 6.07) is 9.21. The number of anilines is 1. The number of rotatable bonds is 5. The molecule has 0 saturated carbocycles. The van der Waals surface area contributed by atoms with Gasteiger partial charge in [-0.25, -0.2) is 4.79 Å². The standard InChI is InChI=1S/C24H22N2O3/c1-3-25-15-9-11-19-21(13-15)29-22-14-16(26-4-2)10-12-20(22)23(19)17-7-5-6-8-18(17)24(27)28/h5-14,25H,3-4H2,1-2H3,(H,27,28)/i11D,12D,13D,14D. The first kappa shape index (κ1) is 14.4. The number of carboxylic acids is 1. The van der Waals surface area contributed by atoms with Crippen molar-refractivity contribution in [2.75, 3.05) is 18.4 Å². The summed E-state index contributed by atoms with van der Waals surface area (Å²) in [5.74, 6) is -1.14. The van der Waals surface area contributed by atoms with Gasteiger partial charge in [0.05, 0.1) is 16.4 Å². The molecule has 0 radical (unpaired) electrons. The Bertz CT molecular complexity index is 1450. The third-order valence-corrected chi connectivity index (χ3v) is 4.48. The van der Waals surface area contributed by atoms with Crippen molar-refractivity contribution in [1.82, 2.24) is 0 Å². The van der Waals surface area contributed by atoms with E-state index in [9.17, 15) is 9.90 Å². The zero-order valence-electron chi connectivity index (χ0n) is 20.1. The van der Waals surface area contributed by atoms with Crippen LogP contribution in [0.1, 0.15) is 29.7 Å². The summed E-state index contributed by atoms with van der Waals surface area (Å²) >= 11 is 0. The fourth-order valence-electron chi connectivity index (χ4n) is 3.30. The molecule has 5 nitrogen and oxygen atoms in total. The average molecular weight is 390 g/mol. The zero-order valence-corrected chi connectivity index (χ0v) is 16.1. The highest BCUT2D eigenvalue weighted by Crippen LogP contribution is 2.41. The van der Waals surface area contributed by atoms with Crippen LogP contribution in [0, 0.1) is 0 Å². The number of aromatic carboxylic acids is 1. The van der Waals surface area contributed by atoms with E-state index in [0.29, 0.717) is 18.8 Å². The Labute approximate surface area is 174 Å². The molecule has 29 heavy (non-hydrogen) atoms. The molecule has 0 unspecified atom stereocenters. The molecule has 0 amide bonds. The highest BCUT2D eigenvalue weighted by atomic mass is 16.4. The van der Waals surface area contributed by atoms with Gasteiger partial charge < -0.3 is 14.8 Å². The second-order valence-electron chi connectivity index (χ2n) is 6.37. The monoisotopic (exact) mass is 390 g/mol. The number of nitrogens with one attached hydrogen (secondary N) is 1. The van der Waals surface area contributed by atoms with Crippen molar-refractivity contribution in [2.45, 2.75) is 13.8 Å². The lowest BCUT2D eigenvalue weighted by Gasteiger charge is -2.17. The topological polar surface area (TPSA) is 74.8 Å². The van der Waals surface area contributed by atoms with Crippen LogP contribution in [0.25, 0.3) is 33.4 Å². The van der Waals surface area contributed by atoms with Gasteiger partial charge in [0.1, 0.15) is 11.3 Å². The molecule has 0 atom stereocenters. The first-order valence-electron chi connectivity index (χ1n) is 11.4. The van der Waals surface area contributed by atoms with Gasteiger partial charge in [-0.15, -0.1) is 0 Å². The molecule has 4 rings (SSSR count). The normalized spacial score (nSPS) is 13.8. The lowest BCUT2D eigenvalue weighted by Crippen LogP contribution is -2.05. The summed E-state index contributed by atoms with van der Waals surface area (Å²) < 4.78 is 40.8. The summed E-state index contributed by atoms with van der Waals surface area (Å²) in [5, 5.41) is 13.4. The molecule has 1 aliphatic carbocycles. The van der Waals surface area contributed by atoms with Crippen molar-refractivity contribution in [3.05, 3.63) is 71.5 Å². The molecular weight excluding hydrogens is 364 g/mol. The SMILES string of the molecule is [2H]c1cc(=NCC)c([2H])c2oc3c([2H])c(NCC)cc([2H])c3c(-c3ccccc3C(=O)O)c1-2. The molecule has 146 valence electrons. The van der Waals surface area contributed by atoms with Crippen molar-refractivity contribution in [3.8, 4) is 22.5 Å². The highest BCUT2D eigenvalue weighted by Gasteiger charge is 2.21. The van der Waals surface area contributed by atoms with Gasteiger partial charge in [0.15, 0.2) is 0 Å². The second kappa shape index (κ2) is 7.80. The smallest absolute Gasteiger partial charge is 0.336 e. The fraction of sp³-hybridized carbons (Fsp3) is 0.167. The molecule has 0 spiro atoms. The Kier molecular flexibility index (Phi) is 3.87. The molecule has 0 bridgehead atoms. The van der Waals surface area contributed by atoms with Crippen molar-refractivity contribution >= 4 is 22.6 Å². The molecule has 2 aromatic rings. The summed E-state index contributed by atoms with van der Waals surface area (Å²) in [4.78, 5) is 16.3. The number of carboxylic acid groups (broad SMARTS) is 1. The van der Waals surface area contributed by atoms with Crippen molar-refractivity contribution in [3.63, 3.8) is 0 Å². The molecule has 2 aliphatic rings. The van der Waals surface area contributed by atoms with Crippen LogP contribution in [0.5, 0.6) is 0 Å². The number of carbonyl (C=O) groups is 1. The number of benzene rings is 3. The van der Waals surface area contributed by atoms with Crippen molar-refractivity contribution in [2.24, 2.45) is 4.99 Å². The van der Waals surface area contributed by atoms with Gasteiger partial charge in [0.2, 0.25) is 0 Å². The quantitative estimate of drug-likeness (QED) is 0.456. The summed E-state index contributed by atoms with van der Waals surface area (Å²) in [6.45, 7) is 4.62. The van der Waals surface area contributed by atoms with E-state index in [4.69, 9.17) is 9.90 Å².